The second-order valence-electron chi connectivity index (χ2n) is 7.42. The summed E-state index contributed by atoms with van der Waals surface area (Å²) in [6, 6.07) is 10.1. The predicted molar refractivity (Wildman–Crippen MR) is 84.0 cm³/mol. The molecule has 0 amide bonds. The Morgan fingerprint density at radius 1 is 1.25 bits per heavy atom. The molecule has 0 spiro atoms. The van der Waals surface area contributed by atoms with Gasteiger partial charge in [0.05, 0.1) is 0 Å². The SMILES string of the molecule is CCC12CCN(CC3CC3)C(Cc3ccccc31)C2C. The smallest absolute Gasteiger partial charge is 0.0170 e. The van der Waals surface area contributed by atoms with E-state index in [1.165, 1.54) is 45.2 Å². The van der Waals surface area contributed by atoms with Crippen LogP contribution in [0.5, 0.6) is 0 Å². The second kappa shape index (κ2) is 4.59. The summed E-state index contributed by atoms with van der Waals surface area (Å²) >= 11 is 0. The third-order valence-electron chi connectivity index (χ3n) is 6.57. The van der Waals surface area contributed by atoms with E-state index in [0.717, 1.165) is 17.9 Å². The Morgan fingerprint density at radius 2 is 2.05 bits per heavy atom. The largest absolute Gasteiger partial charge is 0.299 e. The zero-order chi connectivity index (χ0) is 13.7. The fourth-order valence-electron chi connectivity index (χ4n) is 5.06. The molecule has 3 atom stereocenters. The van der Waals surface area contributed by atoms with Crippen LogP contribution in [0.15, 0.2) is 24.3 Å². The summed E-state index contributed by atoms with van der Waals surface area (Å²) < 4.78 is 0. The topological polar surface area (TPSA) is 3.24 Å². The van der Waals surface area contributed by atoms with Crippen molar-refractivity contribution in [2.45, 2.75) is 57.4 Å². The number of fused-ring (bicyclic) bond motifs is 4. The third-order valence-corrected chi connectivity index (χ3v) is 6.57. The van der Waals surface area contributed by atoms with Gasteiger partial charge in [-0.3, -0.25) is 4.90 Å². The zero-order valence-electron chi connectivity index (χ0n) is 12.9. The van der Waals surface area contributed by atoms with Crippen molar-refractivity contribution in [3.63, 3.8) is 0 Å². The van der Waals surface area contributed by atoms with E-state index in [9.17, 15) is 0 Å². The first-order valence-electron chi connectivity index (χ1n) is 8.57. The van der Waals surface area contributed by atoms with Gasteiger partial charge in [-0.05, 0) is 61.6 Å². The molecule has 1 heteroatoms. The Bertz CT molecular complexity index is 504. The first-order chi connectivity index (χ1) is 9.74. The van der Waals surface area contributed by atoms with Gasteiger partial charge >= 0.3 is 0 Å². The average molecular weight is 269 g/mol. The molecule has 1 saturated heterocycles. The highest BCUT2D eigenvalue weighted by atomic mass is 15.2. The summed E-state index contributed by atoms with van der Waals surface area (Å²) in [5, 5.41) is 0. The lowest BCUT2D eigenvalue weighted by Gasteiger charge is -2.56. The van der Waals surface area contributed by atoms with E-state index < -0.39 is 0 Å². The van der Waals surface area contributed by atoms with Gasteiger partial charge in [0.15, 0.2) is 0 Å². The molecule has 4 rings (SSSR count). The number of piperidine rings is 1. The molecule has 3 unspecified atom stereocenters. The molecule has 1 aliphatic heterocycles. The molecule has 1 aromatic carbocycles. The molecule has 20 heavy (non-hydrogen) atoms. The van der Waals surface area contributed by atoms with Crippen molar-refractivity contribution in [3.05, 3.63) is 35.4 Å². The highest BCUT2D eigenvalue weighted by Gasteiger charge is 2.50. The average Bonchev–Trinajstić information content (AvgIpc) is 3.27. The lowest BCUT2D eigenvalue weighted by molar-refractivity contribution is 0.0180. The van der Waals surface area contributed by atoms with Crippen molar-refractivity contribution in [3.8, 4) is 0 Å². The summed E-state index contributed by atoms with van der Waals surface area (Å²) in [7, 11) is 0. The minimum absolute atomic E-state index is 0.458. The van der Waals surface area contributed by atoms with Crippen molar-refractivity contribution < 1.29 is 0 Å². The van der Waals surface area contributed by atoms with Crippen molar-refractivity contribution in [2.75, 3.05) is 13.1 Å². The Hall–Kier alpha value is -0.820. The highest BCUT2D eigenvalue weighted by Crippen LogP contribution is 2.51. The number of rotatable bonds is 3. The molecule has 1 nitrogen and oxygen atoms in total. The van der Waals surface area contributed by atoms with Crippen LogP contribution in [0.3, 0.4) is 0 Å². The normalized spacial score (nSPS) is 36.7. The number of likely N-dealkylation sites (tertiary alicyclic amines) is 1. The number of nitrogens with zero attached hydrogens (tertiary/aromatic N) is 1. The lowest BCUT2D eigenvalue weighted by atomic mass is 9.57. The Kier molecular flexibility index (Phi) is 2.96. The predicted octanol–water partition coefficient (Wildman–Crippen LogP) is 4.01. The fraction of sp³-hybridized carbons (Fsp3) is 0.684. The first kappa shape index (κ1) is 12.9. The number of hydrogen-bond acceptors (Lipinski definition) is 1. The molecule has 2 bridgehead atoms. The standard InChI is InChI=1S/C19H27N/c1-3-19-10-11-20(13-15-8-9-15)18(14(19)2)12-16-6-4-5-7-17(16)19/h4-7,14-15,18H,3,8-13H2,1-2H3. The van der Waals surface area contributed by atoms with Gasteiger partial charge in [0.1, 0.15) is 0 Å². The van der Waals surface area contributed by atoms with E-state index >= 15 is 0 Å². The molecule has 2 fully saturated rings. The number of benzene rings is 1. The van der Waals surface area contributed by atoms with Gasteiger partial charge in [-0.25, -0.2) is 0 Å². The number of hydrogen-bond donors (Lipinski definition) is 0. The van der Waals surface area contributed by atoms with Crippen LogP contribution in [-0.4, -0.2) is 24.0 Å². The molecule has 3 aliphatic rings. The van der Waals surface area contributed by atoms with Gasteiger partial charge in [0.25, 0.3) is 0 Å². The van der Waals surface area contributed by atoms with Crippen molar-refractivity contribution in [1.29, 1.82) is 0 Å². The quantitative estimate of drug-likeness (QED) is 0.801. The van der Waals surface area contributed by atoms with Crippen LogP contribution in [0.2, 0.25) is 0 Å². The van der Waals surface area contributed by atoms with Gasteiger partial charge in [-0.15, -0.1) is 0 Å². The monoisotopic (exact) mass is 269 g/mol. The van der Waals surface area contributed by atoms with Crippen LogP contribution < -0.4 is 0 Å². The summed E-state index contributed by atoms with van der Waals surface area (Å²) in [6.07, 6.45) is 6.91. The van der Waals surface area contributed by atoms with Crippen molar-refractivity contribution in [1.82, 2.24) is 4.90 Å². The summed E-state index contributed by atoms with van der Waals surface area (Å²) in [6.45, 7) is 7.64. The van der Waals surface area contributed by atoms with Crippen LogP contribution in [0.1, 0.15) is 50.7 Å². The fourth-order valence-corrected chi connectivity index (χ4v) is 5.06. The van der Waals surface area contributed by atoms with Gasteiger partial charge in [-0.1, -0.05) is 38.1 Å². The summed E-state index contributed by atoms with van der Waals surface area (Å²) in [4.78, 5) is 2.84. The van der Waals surface area contributed by atoms with Gasteiger partial charge in [0, 0.05) is 18.0 Å². The Labute approximate surface area is 123 Å². The molecule has 108 valence electrons. The van der Waals surface area contributed by atoms with Crippen LogP contribution in [0.4, 0.5) is 0 Å². The molecule has 1 aromatic rings. The van der Waals surface area contributed by atoms with E-state index in [1.807, 2.05) is 0 Å². The molecular formula is C19H27N. The van der Waals surface area contributed by atoms with Gasteiger partial charge < -0.3 is 0 Å². The minimum Gasteiger partial charge on any atom is -0.299 e. The van der Waals surface area contributed by atoms with E-state index in [2.05, 4.69) is 43.0 Å². The van der Waals surface area contributed by atoms with Crippen LogP contribution in [0, 0.1) is 11.8 Å². The molecule has 2 aliphatic carbocycles. The lowest BCUT2D eigenvalue weighted by Crippen LogP contribution is -2.59. The molecule has 1 heterocycles. The molecule has 1 saturated carbocycles. The second-order valence-corrected chi connectivity index (χ2v) is 7.42. The zero-order valence-corrected chi connectivity index (χ0v) is 12.9. The first-order valence-corrected chi connectivity index (χ1v) is 8.57. The Balaban J connectivity index is 1.72. The maximum Gasteiger partial charge on any atom is 0.0170 e. The maximum absolute atomic E-state index is 2.84. The maximum atomic E-state index is 2.84. The summed E-state index contributed by atoms with van der Waals surface area (Å²) in [5.41, 5.74) is 3.77. The highest BCUT2D eigenvalue weighted by molar-refractivity contribution is 5.40. The van der Waals surface area contributed by atoms with Gasteiger partial charge in [0.2, 0.25) is 0 Å². The van der Waals surface area contributed by atoms with Crippen LogP contribution in [0.25, 0.3) is 0 Å². The van der Waals surface area contributed by atoms with E-state index in [1.54, 1.807) is 11.1 Å². The molecule has 0 aromatic heterocycles. The molecular weight excluding hydrogens is 242 g/mol. The molecule has 0 radical (unpaired) electrons. The van der Waals surface area contributed by atoms with E-state index in [4.69, 9.17) is 0 Å². The van der Waals surface area contributed by atoms with E-state index in [0.29, 0.717) is 5.41 Å². The third kappa shape index (κ3) is 1.79. The van der Waals surface area contributed by atoms with Crippen LogP contribution >= 0.6 is 0 Å². The summed E-state index contributed by atoms with van der Waals surface area (Å²) in [5.74, 6) is 1.84. The van der Waals surface area contributed by atoms with Gasteiger partial charge in [-0.2, -0.15) is 0 Å². The van der Waals surface area contributed by atoms with Crippen molar-refractivity contribution >= 4 is 0 Å². The minimum atomic E-state index is 0.458. The molecule has 0 N–H and O–H groups in total. The van der Waals surface area contributed by atoms with E-state index in [-0.39, 0.29) is 0 Å². The van der Waals surface area contributed by atoms with Crippen LogP contribution in [-0.2, 0) is 11.8 Å². The van der Waals surface area contributed by atoms with Crippen molar-refractivity contribution in [2.24, 2.45) is 11.8 Å². The Morgan fingerprint density at radius 3 is 2.80 bits per heavy atom.